The number of ketones is 2. The minimum atomic E-state index is -0.853. The minimum Gasteiger partial charge on any atom is -0.379 e. The van der Waals surface area contributed by atoms with Gasteiger partial charge in [-0.2, -0.15) is 0 Å². The van der Waals surface area contributed by atoms with Gasteiger partial charge in [-0.1, -0.05) is 18.1 Å². The number of benzene rings is 1. The third kappa shape index (κ3) is 5.68. The number of terminal acetylenes is 1. The van der Waals surface area contributed by atoms with Crippen LogP contribution >= 0.6 is 0 Å². The van der Waals surface area contributed by atoms with Gasteiger partial charge >= 0.3 is 0 Å². The van der Waals surface area contributed by atoms with E-state index in [0.29, 0.717) is 57.0 Å². The summed E-state index contributed by atoms with van der Waals surface area (Å²) < 4.78 is 16.0. The number of rotatable bonds is 12. The van der Waals surface area contributed by atoms with Crippen molar-refractivity contribution in [3.8, 4) is 12.3 Å². The van der Waals surface area contributed by atoms with Crippen molar-refractivity contribution in [1.29, 1.82) is 0 Å². The Morgan fingerprint density at radius 1 is 0.969 bits per heavy atom. The van der Waals surface area contributed by atoms with E-state index in [1.165, 1.54) is 0 Å². The average molecular weight is 441 g/mol. The lowest BCUT2D eigenvalue weighted by Gasteiger charge is -2.27. The number of carbonyl (C=O) groups is 4. The fraction of sp³-hybridized carbons (Fsp3) is 0.500. The molecule has 2 aliphatic rings. The molecule has 0 radical (unpaired) electrons. The number of ether oxygens (including phenoxy) is 3. The highest BCUT2D eigenvalue weighted by molar-refractivity contribution is 6.24. The molecule has 8 nitrogen and oxygen atoms in total. The van der Waals surface area contributed by atoms with E-state index in [1.54, 1.807) is 12.1 Å². The summed E-state index contributed by atoms with van der Waals surface area (Å²) in [5.41, 5.74) is 1.43. The average Bonchev–Trinajstić information content (AvgIpc) is 3.03. The monoisotopic (exact) mass is 441 g/mol. The first-order valence-corrected chi connectivity index (χ1v) is 10.8. The number of hydrogen-bond donors (Lipinski definition) is 0. The molecule has 8 heteroatoms. The van der Waals surface area contributed by atoms with E-state index >= 15 is 0 Å². The molecule has 1 fully saturated rings. The van der Waals surface area contributed by atoms with E-state index in [0.717, 1.165) is 10.5 Å². The molecule has 1 saturated carbocycles. The predicted octanol–water partition coefficient (Wildman–Crippen LogP) is 1.59. The van der Waals surface area contributed by atoms with Gasteiger partial charge in [0.05, 0.1) is 50.0 Å². The van der Waals surface area contributed by atoms with Crippen molar-refractivity contribution >= 4 is 23.4 Å². The van der Waals surface area contributed by atoms with Gasteiger partial charge in [-0.05, 0) is 30.9 Å². The third-order valence-corrected chi connectivity index (χ3v) is 5.45. The Balaban J connectivity index is 1.47. The number of fused-ring (bicyclic) bond motifs is 1. The Kier molecular flexibility index (Phi) is 8.68. The maximum absolute atomic E-state index is 13.1. The molecule has 3 rings (SSSR count). The molecule has 170 valence electrons. The van der Waals surface area contributed by atoms with Crippen LogP contribution in [0.25, 0.3) is 0 Å². The number of aryl methyl sites for hydroxylation is 1. The predicted molar refractivity (Wildman–Crippen MR) is 114 cm³/mol. The zero-order valence-corrected chi connectivity index (χ0v) is 18.0. The lowest BCUT2D eigenvalue weighted by atomic mass is 9.92. The van der Waals surface area contributed by atoms with Crippen LogP contribution in [0.15, 0.2) is 18.2 Å². The molecule has 1 unspecified atom stereocenters. The second-order valence-corrected chi connectivity index (χ2v) is 7.64. The normalized spacial score (nSPS) is 18.2. The summed E-state index contributed by atoms with van der Waals surface area (Å²) >= 11 is 0. The van der Waals surface area contributed by atoms with Crippen molar-refractivity contribution < 1.29 is 33.4 Å². The SMILES string of the molecule is C#CCOCCOCCOCCCc1cccc2c1C(=O)N(C1CCC(=O)CC1=O)C2=O. The number of imide groups is 1. The molecule has 0 bridgehead atoms. The molecule has 1 aromatic rings. The molecule has 1 aromatic carbocycles. The first kappa shape index (κ1) is 23.8. The van der Waals surface area contributed by atoms with Crippen LogP contribution in [-0.4, -0.2) is 74.0 Å². The highest BCUT2D eigenvalue weighted by Gasteiger charge is 2.45. The van der Waals surface area contributed by atoms with Crippen LogP contribution in [0.3, 0.4) is 0 Å². The quantitative estimate of drug-likeness (QED) is 0.210. The summed E-state index contributed by atoms with van der Waals surface area (Å²) in [4.78, 5) is 50.8. The lowest BCUT2D eigenvalue weighted by molar-refractivity contribution is -0.132. The molecule has 1 atom stereocenters. The summed E-state index contributed by atoms with van der Waals surface area (Å²) in [5, 5.41) is 0. The second kappa shape index (κ2) is 11.7. The van der Waals surface area contributed by atoms with Crippen LogP contribution in [0.5, 0.6) is 0 Å². The summed E-state index contributed by atoms with van der Waals surface area (Å²) in [7, 11) is 0. The zero-order valence-electron chi connectivity index (χ0n) is 18.0. The zero-order chi connectivity index (χ0) is 22.9. The highest BCUT2D eigenvalue weighted by Crippen LogP contribution is 2.31. The van der Waals surface area contributed by atoms with Gasteiger partial charge in [0.15, 0.2) is 5.78 Å². The van der Waals surface area contributed by atoms with Crippen LogP contribution in [0, 0.1) is 12.3 Å². The molecule has 2 amide bonds. The van der Waals surface area contributed by atoms with Crippen molar-refractivity contribution in [1.82, 2.24) is 4.90 Å². The Bertz CT molecular complexity index is 917. The molecular formula is C24H27NO7. The van der Waals surface area contributed by atoms with Crippen LogP contribution in [-0.2, 0) is 30.2 Å². The molecule has 0 saturated heterocycles. The van der Waals surface area contributed by atoms with Crippen molar-refractivity contribution in [2.45, 2.75) is 38.1 Å². The maximum atomic E-state index is 13.1. The number of Topliss-reactive ketones (excluding diaryl/α,β-unsaturated/α-hetero) is 2. The summed E-state index contributed by atoms with van der Waals surface area (Å²) in [6, 6.07) is 4.32. The van der Waals surface area contributed by atoms with Gasteiger partial charge in [-0.25, -0.2) is 0 Å². The Hall–Kier alpha value is -2.86. The van der Waals surface area contributed by atoms with Crippen molar-refractivity contribution in [3.63, 3.8) is 0 Å². The number of nitrogens with zero attached hydrogens (tertiary/aromatic N) is 1. The Morgan fingerprint density at radius 3 is 2.41 bits per heavy atom. The topological polar surface area (TPSA) is 99.2 Å². The van der Waals surface area contributed by atoms with E-state index in [2.05, 4.69) is 5.92 Å². The first-order chi connectivity index (χ1) is 15.5. The number of carbonyl (C=O) groups excluding carboxylic acids is 4. The van der Waals surface area contributed by atoms with Crippen molar-refractivity contribution in [2.75, 3.05) is 39.6 Å². The van der Waals surface area contributed by atoms with Crippen molar-refractivity contribution in [2.24, 2.45) is 0 Å². The second-order valence-electron chi connectivity index (χ2n) is 7.64. The number of amides is 2. The van der Waals surface area contributed by atoms with Crippen LogP contribution in [0.2, 0.25) is 0 Å². The molecule has 1 aliphatic heterocycles. The Morgan fingerprint density at radius 2 is 1.69 bits per heavy atom. The van der Waals surface area contributed by atoms with Gasteiger partial charge in [0.1, 0.15) is 12.4 Å². The fourth-order valence-electron chi connectivity index (χ4n) is 3.93. The van der Waals surface area contributed by atoms with Gasteiger partial charge in [-0.15, -0.1) is 6.42 Å². The van der Waals surface area contributed by atoms with Gasteiger partial charge < -0.3 is 14.2 Å². The molecule has 1 aliphatic carbocycles. The summed E-state index contributed by atoms with van der Waals surface area (Å²) in [5.74, 6) is 0.957. The van der Waals surface area contributed by atoms with Crippen LogP contribution in [0.4, 0.5) is 0 Å². The summed E-state index contributed by atoms with van der Waals surface area (Å²) in [6.45, 7) is 2.53. The van der Waals surface area contributed by atoms with E-state index in [9.17, 15) is 19.2 Å². The molecule has 0 spiro atoms. The van der Waals surface area contributed by atoms with Gasteiger partial charge in [0.25, 0.3) is 11.8 Å². The standard InChI is InChI=1S/C24H27NO7/c1-2-10-30-12-14-32-15-13-31-11-4-6-17-5-3-7-19-22(17)24(29)25(23(19)28)20-9-8-18(26)16-21(20)27/h1,3,5,7,20H,4,6,8-16H2. The van der Waals surface area contributed by atoms with Crippen molar-refractivity contribution in [3.05, 3.63) is 34.9 Å². The largest absolute Gasteiger partial charge is 0.379 e. The molecule has 1 heterocycles. The highest BCUT2D eigenvalue weighted by atomic mass is 16.5. The molecular weight excluding hydrogens is 414 g/mol. The van der Waals surface area contributed by atoms with E-state index in [1.807, 2.05) is 6.07 Å². The first-order valence-electron chi connectivity index (χ1n) is 10.8. The van der Waals surface area contributed by atoms with E-state index in [4.69, 9.17) is 20.6 Å². The van der Waals surface area contributed by atoms with E-state index < -0.39 is 17.9 Å². The number of hydrogen-bond acceptors (Lipinski definition) is 7. The smallest absolute Gasteiger partial charge is 0.262 e. The molecule has 0 N–H and O–H groups in total. The Labute approximate surface area is 187 Å². The van der Waals surface area contributed by atoms with E-state index in [-0.39, 0.29) is 37.4 Å². The lowest BCUT2D eigenvalue weighted by Crippen LogP contribution is -2.47. The summed E-state index contributed by atoms with van der Waals surface area (Å²) in [6.07, 6.45) is 6.49. The fourth-order valence-corrected chi connectivity index (χ4v) is 3.93. The van der Waals surface area contributed by atoms with Crippen LogP contribution in [0.1, 0.15) is 52.0 Å². The van der Waals surface area contributed by atoms with Gasteiger partial charge in [0.2, 0.25) is 0 Å². The maximum Gasteiger partial charge on any atom is 0.262 e. The molecule has 32 heavy (non-hydrogen) atoms. The molecule has 0 aromatic heterocycles. The van der Waals surface area contributed by atoms with Gasteiger partial charge in [0, 0.05) is 13.0 Å². The third-order valence-electron chi connectivity index (χ3n) is 5.45. The van der Waals surface area contributed by atoms with Gasteiger partial charge in [-0.3, -0.25) is 24.1 Å². The minimum absolute atomic E-state index is 0.147. The van der Waals surface area contributed by atoms with Crippen LogP contribution < -0.4 is 0 Å².